The number of amides is 1. The van der Waals surface area contributed by atoms with E-state index in [4.69, 9.17) is 17.3 Å². The molecule has 5 heteroatoms. The van der Waals surface area contributed by atoms with Crippen molar-refractivity contribution in [1.29, 1.82) is 0 Å². The molecule has 20 heavy (non-hydrogen) atoms. The van der Waals surface area contributed by atoms with Crippen LogP contribution in [-0.4, -0.2) is 12.5 Å². The van der Waals surface area contributed by atoms with Gasteiger partial charge in [-0.1, -0.05) is 48.0 Å². The predicted molar refractivity (Wildman–Crippen MR) is 78.3 cm³/mol. The summed E-state index contributed by atoms with van der Waals surface area (Å²) in [6.45, 7) is 0.127. The molecule has 0 aliphatic heterocycles. The molecule has 1 unspecified atom stereocenters. The summed E-state index contributed by atoms with van der Waals surface area (Å²) in [5, 5.41) is 2.66. The first-order chi connectivity index (χ1) is 9.63. The van der Waals surface area contributed by atoms with E-state index in [-0.39, 0.29) is 23.2 Å². The molecule has 0 bridgehead atoms. The standard InChI is InChI=1S/C15H14ClFN2O/c16-12-7-4-8-13(17)14(12)19-15(20)11(9-18)10-5-2-1-3-6-10/h1-8,11H,9,18H2,(H,19,20). The Kier molecular flexibility index (Phi) is 4.71. The van der Waals surface area contributed by atoms with Crippen LogP contribution in [0, 0.1) is 5.82 Å². The van der Waals surface area contributed by atoms with Crippen LogP contribution in [0.15, 0.2) is 48.5 Å². The van der Waals surface area contributed by atoms with Crippen molar-refractivity contribution >= 4 is 23.2 Å². The molecule has 0 heterocycles. The van der Waals surface area contributed by atoms with Crippen LogP contribution in [-0.2, 0) is 4.79 Å². The number of nitrogens with one attached hydrogen (secondary N) is 1. The first-order valence-electron chi connectivity index (χ1n) is 6.13. The topological polar surface area (TPSA) is 55.1 Å². The van der Waals surface area contributed by atoms with Crippen LogP contribution < -0.4 is 11.1 Å². The third-order valence-corrected chi connectivity index (χ3v) is 3.28. The van der Waals surface area contributed by atoms with E-state index in [0.717, 1.165) is 5.56 Å². The van der Waals surface area contributed by atoms with E-state index < -0.39 is 11.7 Å². The van der Waals surface area contributed by atoms with E-state index in [0.29, 0.717) is 0 Å². The average molecular weight is 293 g/mol. The SMILES string of the molecule is NCC(C(=O)Nc1c(F)cccc1Cl)c1ccccc1. The van der Waals surface area contributed by atoms with E-state index in [1.165, 1.54) is 18.2 Å². The van der Waals surface area contributed by atoms with Gasteiger partial charge in [-0.3, -0.25) is 4.79 Å². The zero-order valence-electron chi connectivity index (χ0n) is 10.6. The van der Waals surface area contributed by atoms with Crippen molar-refractivity contribution in [3.63, 3.8) is 0 Å². The average Bonchev–Trinajstić information content (AvgIpc) is 2.45. The Labute approximate surface area is 121 Å². The fourth-order valence-electron chi connectivity index (χ4n) is 1.91. The summed E-state index contributed by atoms with van der Waals surface area (Å²) in [6, 6.07) is 13.3. The highest BCUT2D eigenvalue weighted by molar-refractivity contribution is 6.33. The Hall–Kier alpha value is -1.91. The van der Waals surface area contributed by atoms with Gasteiger partial charge in [-0.25, -0.2) is 4.39 Å². The highest BCUT2D eigenvalue weighted by atomic mass is 35.5. The lowest BCUT2D eigenvalue weighted by Crippen LogP contribution is -2.27. The molecule has 0 aliphatic carbocycles. The molecule has 0 aromatic heterocycles. The van der Waals surface area contributed by atoms with Crippen molar-refractivity contribution in [2.75, 3.05) is 11.9 Å². The molecular formula is C15H14ClFN2O. The maximum atomic E-state index is 13.7. The lowest BCUT2D eigenvalue weighted by molar-refractivity contribution is -0.117. The lowest BCUT2D eigenvalue weighted by Gasteiger charge is -2.16. The smallest absolute Gasteiger partial charge is 0.233 e. The van der Waals surface area contributed by atoms with Gasteiger partial charge in [-0.15, -0.1) is 0 Å². The maximum Gasteiger partial charge on any atom is 0.233 e. The zero-order chi connectivity index (χ0) is 14.5. The van der Waals surface area contributed by atoms with E-state index in [1.807, 2.05) is 18.2 Å². The molecule has 2 rings (SSSR count). The maximum absolute atomic E-state index is 13.7. The van der Waals surface area contributed by atoms with Crippen LogP contribution >= 0.6 is 11.6 Å². The number of hydrogen-bond donors (Lipinski definition) is 2. The van der Waals surface area contributed by atoms with E-state index >= 15 is 0 Å². The summed E-state index contributed by atoms with van der Waals surface area (Å²) in [5.74, 6) is -1.51. The molecule has 1 atom stereocenters. The van der Waals surface area contributed by atoms with Gasteiger partial charge in [0, 0.05) is 6.54 Å². The van der Waals surface area contributed by atoms with Gasteiger partial charge in [0.05, 0.1) is 16.6 Å². The Bertz CT molecular complexity index is 584. The minimum atomic E-state index is -0.574. The summed E-state index contributed by atoms with van der Waals surface area (Å²) in [6.07, 6.45) is 0. The number of anilines is 1. The number of para-hydroxylation sites is 1. The van der Waals surface area contributed by atoms with Gasteiger partial charge in [0.2, 0.25) is 5.91 Å². The normalized spacial score (nSPS) is 11.9. The largest absolute Gasteiger partial charge is 0.329 e. The third-order valence-electron chi connectivity index (χ3n) is 2.97. The number of hydrogen-bond acceptors (Lipinski definition) is 2. The van der Waals surface area contributed by atoms with Crippen LogP contribution in [0.25, 0.3) is 0 Å². The van der Waals surface area contributed by atoms with E-state index in [1.54, 1.807) is 12.1 Å². The van der Waals surface area contributed by atoms with Crippen molar-refractivity contribution < 1.29 is 9.18 Å². The number of nitrogens with two attached hydrogens (primary N) is 1. The Morgan fingerprint density at radius 2 is 1.90 bits per heavy atom. The number of halogens is 2. The molecule has 0 saturated carbocycles. The second kappa shape index (κ2) is 6.50. The van der Waals surface area contributed by atoms with Gasteiger partial charge in [0.15, 0.2) is 0 Å². The minimum absolute atomic E-state index is 0.0199. The van der Waals surface area contributed by atoms with Gasteiger partial charge in [0.1, 0.15) is 5.82 Å². The molecule has 2 aromatic rings. The highest BCUT2D eigenvalue weighted by Gasteiger charge is 2.20. The van der Waals surface area contributed by atoms with Crippen LogP contribution in [0.2, 0.25) is 5.02 Å². The minimum Gasteiger partial charge on any atom is -0.329 e. The first kappa shape index (κ1) is 14.5. The summed E-state index contributed by atoms with van der Waals surface area (Å²) < 4.78 is 13.7. The van der Waals surface area contributed by atoms with Crippen LogP contribution in [0.5, 0.6) is 0 Å². The van der Waals surface area contributed by atoms with Crippen molar-refractivity contribution in [2.24, 2.45) is 5.73 Å². The van der Waals surface area contributed by atoms with Crippen molar-refractivity contribution in [1.82, 2.24) is 0 Å². The third kappa shape index (κ3) is 3.15. The fourth-order valence-corrected chi connectivity index (χ4v) is 2.12. The lowest BCUT2D eigenvalue weighted by atomic mass is 9.98. The Morgan fingerprint density at radius 3 is 2.50 bits per heavy atom. The Morgan fingerprint density at radius 1 is 1.20 bits per heavy atom. The summed E-state index contributed by atoms with van der Waals surface area (Å²) in [7, 11) is 0. The van der Waals surface area contributed by atoms with Gasteiger partial charge >= 0.3 is 0 Å². The molecule has 0 spiro atoms. The second-order valence-corrected chi connectivity index (χ2v) is 4.69. The van der Waals surface area contributed by atoms with Gasteiger partial charge in [-0.2, -0.15) is 0 Å². The van der Waals surface area contributed by atoms with Crippen molar-refractivity contribution in [2.45, 2.75) is 5.92 Å². The molecule has 3 N–H and O–H groups in total. The van der Waals surface area contributed by atoms with E-state index in [9.17, 15) is 9.18 Å². The number of carbonyl (C=O) groups excluding carboxylic acids is 1. The molecule has 0 saturated heterocycles. The molecule has 1 amide bonds. The quantitative estimate of drug-likeness (QED) is 0.909. The molecule has 3 nitrogen and oxygen atoms in total. The Balaban J connectivity index is 2.23. The van der Waals surface area contributed by atoms with Crippen LogP contribution in [0.3, 0.4) is 0 Å². The first-order valence-corrected chi connectivity index (χ1v) is 6.51. The predicted octanol–water partition coefficient (Wildman–Crippen LogP) is 3.16. The van der Waals surface area contributed by atoms with Crippen LogP contribution in [0.1, 0.15) is 11.5 Å². The molecule has 104 valence electrons. The number of rotatable bonds is 4. The molecule has 0 aliphatic rings. The fraction of sp³-hybridized carbons (Fsp3) is 0.133. The van der Waals surface area contributed by atoms with Gasteiger partial charge < -0.3 is 11.1 Å². The van der Waals surface area contributed by atoms with Crippen molar-refractivity contribution in [3.8, 4) is 0 Å². The van der Waals surface area contributed by atoms with Crippen molar-refractivity contribution in [3.05, 3.63) is 64.9 Å². The molecule has 0 fully saturated rings. The monoisotopic (exact) mass is 292 g/mol. The molecule has 2 aromatic carbocycles. The number of benzene rings is 2. The zero-order valence-corrected chi connectivity index (χ0v) is 11.4. The summed E-state index contributed by atoms with van der Waals surface area (Å²) in [5.41, 5.74) is 6.41. The summed E-state index contributed by atoms with van der Waals surface area (Å²) in [4.78, 5) is 12.2. The van der Waals surface area contributed by atoms with Gasteiger partial charge in [0.25, 0.3) is 0 Å². The van der Waals surface area contributed by atoms with Gasteiger partial charge in [-0.05, 0) is 17.7 Å². The number of carbonyl (C=O) groups is 1. The summed E-state index contributed by atoms with van der Waals surface area (Å²) >= 11 is 5.88. The molecule has 0 radical (unpaired) electrons. The van der Waals surface area contributed by atoms with Crippen LogP contribution in [0.4, 0.5) is 10.1 Å². The highest BCUT2D eigenvalue weighted by Crippen LogP contribution is 2.26. The van der Waals surface area contributed by atoms with E-state index in [2.05, 4.69) is 5.32 Å². The second-order valence-electron chi connectivity index (χ2n) is 4.28. The molecular weight excluding hydrogens is 279 g/mol.